The predicted octanol–water partition coefficient (Wildman–Crippen LogP) is 5.73. The van der Waals surface area contributed by atoms with Crippen LogP contribution in [-0.2, 0) is 29.8 Å². The van der Waals surface area contributed by atoms with Crippen molar-refractivity contribution in [1.29, 1.82) is 0 Å². The third kappa shape index (κ3) is 12.3. The zero-order valence-electron chi connectivity index (χ0n) is 19.3. The van der Waals surface area contributed by atoms with Crippen LogP contribution in [0.2, 0.25) is 0 Å². The summed E-state index contributed by atoms with van der Waals surface area (Å²) in [6, 6.07) is 40.3. The minimum atomic E-state index is -0.490. The van der Waals surface area contributed by atoms with Crippen LogP contribution in [0.1, 0.15) is 5.56 Å². The van der Waals surface area contributed by atoms with Gasteiger partial charge in [0, 0.05) is 0 Å². The van der Waals surface area contributed by atoms with E-state index in [1.54, 1.807) is 7.11 Å². The molecule has 0 radical (unpaired) electrons. The molecule has 0 fully saturated rings. The average Bonchev–Trinajstić information content (AvgIpc) is 2.99. The first kappa shape index (κ1) is 33.3. The maximum Gasteiger partial charge on any atom is -0.0134 e. The number of hydrogen-bond acceptors (Lipinski definition) is 1. The molecule has 0 aliphatic heterocycles. The molecule has 180 valence electrons. The van der Waals surface area contributed by atoms with Crippen molar-refractivity contribution in [1.82, 2.24) is 0 Å². The Hall–Kier alpha value is -2.72. The number of halogens is 1. The van der Waals surface area contributed by atoms with Crippen LogP contribution in [0, 0.1) is 24.2 Å². The van der Waals surface area contributed by atoms with E-state index in [4.69, 9.17) is 18.7 Å². The molecule has 4 aromatic carbocycles. The summed E-state index contributed by atoms with van der Waals surface area (Å²) in [6.45, 7) is 13.5. The van der Waals surface area contributed by atoms with Crippen molar-refractivity contribution in [2.45, 2.75) is 0 Å². The van der Waals surface area contributed by atoms with E-state index in [2.05, 4.69) is 128 Å². The summed E-state index contributed by atoms with van der Waals surface area (Å²) in [5.74, 6) is 0.898. The van der Waals surface area contributed by atoms with Crippen LogP contribution in [-0.4, -0.2) is 7.11 Å². The van der Waals surface area contributed by atoms with E-state index in [1.165, 1.54) is 15.9 Å². The van der Waals surface area contributed by atoms with Gasteiger partial charge in [0.2, 0.25) is 0 Å². The van der Waals surface area contributed by atoms with Gasteiger partial charge in [0.05, 0.1) is 0 Å². The molecule has 4 rings (SSSR count). The molecule has 0 saturated carbocycles. The summed E-state index contributed by atoms with van der Waals surface area (Å²) in [5, 5.41) is 4.19. The minimum absolute atomic E-state index is 0.446. The summed E-state index contributed by atoms with van der Waals surface area (Å²) in [5.41, 5.74) is 1.16. The Morgan fingerprint density at radius 1 is 0.611 bits per heavy atom. The molecule has 0 saturated heterocycles. The topological polar surface area (TPSA) is 68.9 Å². The minimum Gasteiger partial charge on any atom is -0.0622 e. The second-order valence-electron chi connectivity index (χ2n) is 6.25. The smallest absolute Gasteiger partial charge is 0.0134 e. The Bertz CT molecular complexity index is 1110. The molecule has 0 heterocycles. The van der Waals surface area contributed by atoms with E-state index in [1.807, 2.05) is 24.3 Å². The zero-order valence-corrected chi connectivity index (χ0v) is 24.7. The molecule has 4 aromatic rings. The van der Waals surface area contributed by atoms with Crippen LogP contribution >= 0.6 is 21.2 Å². The van der Waals surface area contributed by atoms with Crippen LogP contribution in [0.15, 0.2) is 115 Å². The standard InChI is InChI=1S/C18H15P.C8H7O.3CO.BrH.W/c1-4-10-16(11-5-1)19(17-12-6-2-7-13-17)18-14-8-3-9-15-18;1-7-3-5-8(9-2)6-4-7;3*1-2;;/h1-15H;3-6H,2H3;;;;1H;/q;;;;;;+1/p-1. The first-order valence-electron chi connectivity index (χ1n) is 10.1. The SMILES string of the molecule is COc1ccc([C]#[W][Br])cc1.[C-]#[O+].[C-]#[O+].[C-]#[O+].c1ccc(P(c2ccccc2)c2ccccc2)cc1. The summed E-state index contributed by atoms with van der Waals surface area (Å²) in [6.07, 6.45) is 0. The molecule has 0 bridgehead atoms. The fraction of sp³-hybridized carbons (Fsp3) is 0.0345. The first-order chi connectivity index (χ1) is 17.8. The normalized spacial score (nSPS) is 8.36. The van der Waals surface area contributed by atoms with E-state index in [-0.39, 0.29) is 0 Å². The quantitative estimate of drug-likeness (QED) is 0.151. The number of methoxy groups -OCH3 is 1. The van der Waals surface area contributed by atoms with Gasteiger partial charge in [-0.2, -0.15) is 0 Å². The van der Waals surface area contributed by atoms with E-state index < -0.39 is 23.8 Å². The Kier molecular flexibility index (Phi) is 21.0. The Labute approximate surface area is 228 Å². The van der Waals surface area contributed by atoms with Crippen molar-refractivity contribution in [2.75, 3.05) is 7.11 Å². The van der Waals surface area contributed by atoms with E-state index in [0.29, 0.717) is 0 Å². The van der Waals surface area contributed by atoms with Crippen molar-refractivity contribution < 1.29 is 34.5 Å². The number of ether oxygens (including phenoxy) is 1. The molecular weight excluding hydrogens is 707 g/mol. The molecule has 36 heavy (non-hydrogen) atoms. The zero-order chi connectivity index (χ0) is 27.0. The summed E-state index contributed by atoms with van der Waals surface area (Å²) in [4.78, 5) is 0. The first-order valence-corrected chi connectivity index (χ1v) is 19.3. The molecule has 0 spiro atoms. The van der Waals surface area contributed by atoms with Gasteiger partial charge in [-0.15, -0.1) is 0 Å². The third-order valence-electron chi connectivity index (χ3n) is 4.29. The Balaban J connectivity index is 0.000000617. The molecule has 4 nitrogen and oxygen atoms in total. The van der Waals surface area contributed by atoms with Gasteiger partial charge in [0.15, 0.2) is 0 Å². The van der Waals surface area contributed by atoms with Gasteiger partial charge in [-0.05, 0) is 23.8 Å². The van der Waals surface area contributed by atoms with E-state index >= 15 is 0 Å². The van der Waals surface area contributed by atoms with Crippen LogP contribution in [0.4, 0.5) is 0 Å². The van der Waals surface area contributed by atoms with Crippen molar-refractivity contribution in [3.63, 3.8) is 0 Å². The monoisotopic (exact) mass is 728 g/mol. The van der Waals surface area contributed by atoms with Crippen molar-refractivity contribution in [2.24, 2.45) is 0 Å². The molecule has 0 aromatic heterocycles. The van der Waals surface area contributed by atoms with Crippen molar-refractivity contribution in [3.05, 3.63) is 141 Å². The fourth-order valence-electron chi connectivity index (χ4n) is 2.88. The molecule has 0 atom stereocenters. The van der Waals surface area contributed by atoms with Gasteiger partial charge >= 0.3 is 115 Å². The maximum atomic E-state index is 7.50. The van der Waals surface area contributed by atoms with Gasteiger partial charge < -0.3 is 0 Å². The van der Waals surface area contributed by atoms with Gasteiger partial charge in [0.25, 0.3) is 0 Å². The summed E-state index contributed by atoms with van der Waals surface area (Å²) in [7, 11) is 1.22. The van der Waals surface area contributed by atoms with Gasteiger partial charge in [-0.3, -0.25) is 0 Å². The molecule has 0 aliphatic rings. The third-order valence-corrected chi connectivity index (χ3v) is 9.18. The number of rotatable bonds is 4. The predicted molar refractivity (Wildman–Crippen MR) is 142 cm³/mol. The average molecular weight is 729 g/mol. The van der Waals surface area contributed by atoms with Crippen molar-refractivity contribution >= 4 is 37.1 Å². The fourth-order valence-corrected chi connectivity index (χ4v) is 7.53. The summed E-state index contributed by atoms with van der Waals surface area (Å²) >= 11 is 2.96. The molecule has 0 aliphatic carbocycles. The van der Waals surface area contributed by atoms with E-state index in [0.717, 1.165) is 11.3 Å². The van der Waals surface area contributed by atoms with Gasteiger partial charge in [-0.1, -0.05) is 91.0 Å². The van der Waals surface area contributed by atoms with E-state index in [9.17, 15) is 0 Å². The number of benzene rings is 4. The second-order valence-corrected chi connectivity index (χ2v) is 12.4. The van der Waals surface area contributed by atoms with Crippen LogP contribution < -0.4 is 20.7 Å². The van der Waals surface area contributed by atoms with Crippen LogP contribution in [0.5, 0.6) is 5.75 Å². The molecule has 7 heteroatoms. The largest absolute Gasteiger partial charge is 0.0622 e. The molecule has 0 amide bonds. The molecular formula is C29H22BrO4PW. The van der Waals surface area contributed by atoms with Crippen molar-refractivity contribution in [3.8, 4) is 9.95 Å². The Morgan fingerprint density at radius 3 is 1.22 bits per heavy atom. The maximum absolute atomic E-state index is 7.50. The Morgan fingerprint density at radius 2 is 0.944 bits per heavy atom. The van der Waals surface area contributed by atoms with Gasteiger partial charge in [-0.25, -0.2) is 0 Å². The van der Waals surface area contributed by atoms with Gasteiger partial charge in [0.1, 0.15) is 0 Å². The summed E-state index contributed by atoms with van der Waals surface area (Å²) < 4.78 is 30.8. The number of hydrogen-bond donors (Lipinski definition) is 0. The molecule has 0 N–H and O–H groups in total. The second kappa shape index (κ2) is 22.7. The van der Waals surface area contributed by atoms with Crippen LogP contribution in [0.3, 0.4) is 0 Å². The molecule has 0 unspecified atom stereocenters. The van der Waals surface area contributed by atoms with Crippen LogP contribution in [0.25, 0.3) is 0 Å².